The van der Waals surface area contributed by atoms with Gasteiger partial charge in [0, 0.05) is 13.6 Å². The number of aryl methyl sites for hydroxylation is 1. The van der Waals surface area contributed by atoms with Gasteiger partial charge < -0.3 is 10.2 Å². The highest BCUT2D eigenvalue weighted by atomic mass is 32.1. The minimum atomic E-state index is 0.142. The normalized spacial score (nSPS) is 13.2. The molecule has 6 nitrogen and oxygen atoms in total. The van der Waals surface area contributed by atoms with E-state index in [1.54, 1.807) is 23.1 Å². The van der Waals surface area contributed by atoms with Crippen LogP contribution >= 0.6 is 22.7 Å². The van der Waals surface area contributed by atoms with Crippen molar-refractivity contribution in [2.45, 2.75) is 13.5 Å². The molecular weight excluding hydrogens is 284 g/mol. The molecule has 0 radical (unpaired) electrons. The fourth-order valence-corrected chi connectivity index (χ4v) is 2.96. The standard InChI is InChI=1S/C11H14N4O2S2/c1-4-5-15-9(17)7(2)19-11(15)13-12-10-14(3)8(16)6-18-10/h4,6,16-17H,1,5H2,2-3H3/b12-10-,13-11?. The topological polar surface area (TPSA) is 75.0 Å². The molecule has 0 saturated carbocycles. The van der Waals surface area contributed by atoms with E-state index in [1.165, 1.54) is 27.2 Å². The second-order valence-electron chi connectivity index (χ2n) is 3.80. The molecule has 2 heterocycles. The summed E-state index contributed by atoms with van der Waals surface area (Å²) in [7, 11) is 1.70. The molecule has 19 heavy (non-hydrogen) atoms. The van der Waals surface area contributed by atoms with Gasteiger partial charge in [-0.15, -0.1) is 16.8 Å². The van der Waals surface area contributed by atoms with E-state index in [2.05, 4.69) is 16.8 Å². The number of hydrogen-bond acceptors (Lipinski definition) is 6. The van der Waals surface area contributed by atoms with Crippen molar-refractivity contribution < 1.29 is 10.2 Å². The highest BCUT2D eigenvalue weighted by Gasteiger charge is 2.07. The zero-order chi connectivity index (χ0) is 14.0. The predicted octanol–water partition coefficient (Wildman–Crippen LogP) is 1.27. The van der Waals surface area contributed by atoms with Crippen LogP contribution in [0.4, 0.5) is 0 Å². The maximum absolute atomic E-state index is 9.89. The number of hydrogen-bond donors (Lipinski definition) is 2. The average molecular weight is 298 g/mol. The fourth-order valence-electron chi connectivity index (χ4n) is 1.42. The second-order valence-corrected chi connectivity index (χ2v) is 5.82. The van der Waals surface area contributed by atoms with E-state index < -0.39 is 0 Å². The SMILES string of the molecule is C=CCn1c(O)c(C)sc1=N/N=c1\scc(O)n1C. The first-order valence-electron chi connectivity index (χ1n) is 5.46. The Morgan fingerprint density at radius 1 is 1.37 bits per heavy atom. The molecule has 0 amide bonds. The molecule has 0 atom stereocenters. The van der Waals surface area contributed by atoms with Crippen LogP contribution in [0.25, 0.3) is 0 Å². The Bertz CT molecular complexity index is 733. The highest BCUT2D eigenvalue weighted by molar-refractivity contribution is 7.09. The molecular formula is C11H14N4O2S2. The quantitative estimate of drug-likeness (QED) is 0.661. The molecule has 2 aromatic rings. The van der Waals surface area contributed by atoms with Gasteiger partial charge in [0.2, 0.25) is 21.4 Å². The highest BCUT2D eigenvalue weighted by Crippen LogP contribution is 2.17. The summed E-state index contributed by atoms with van der Waals surface area (Å²) in [5, 5.41) is 29.1. The van der Waals surface area contributed by atoms with Crippen molar-refractivity contribution in [1.82, 2.24) is 9.13 Å². The number of aromatic hydroxyl groups is 2. The summed E-state index contributed by atoms with van der Waals surface area (Å²) in [5.41, 5.74) is 0. The predicted molar refractivity (Wildman–Crippen MR) is 75.0 cm³/mol. The maximum atomic E-state index is 9.89. The average Bonchev–Trinajstić information content (AvgIpc) is 2.84. The minimum absolute atomic E-state index is 0.142. The molecule has 0 aromatic carbocycles. The van der Waals surface area contributed by atoms with E-state index in [9.17, 15) is 10.2 Å². The Kier molecular flexibility index (Phi) is 3.91. The monoisotopic (exact) mass is 298 g/mol. The van der Waals surface area contributed by atoms with Gasteiger partial charge in [-0.2, -0.15) is 0 Å². The van der Waals surface area contributed by atoms with E-state index in [-0.39, 0.29) is 11.8 Å². The third kappa shape index (κ3) is 2.64. The van der Waals surface area contributed by atoms with Crippen molar-refractivity contribution >= 4 is 22.7 Å². The molecule has 2 N–H and O–H groups in total. The molecule has 0 fully saturated rings. The van der Waals surface area contributed by atoms with E-state index >= 15 is 0 Å². The largest absolute Gasteiger partial charge is 0.494 e. The lowest BCUT2D eigenvalue weighted by Gasteiger charge is -1.98. The zero-order valence-corrected chi connectivity index (χ0v) is 12.2. The van der Waals surface area contributed by atoms with Gasteiger partial charge in [-0.1, -0.05) is 28.7 Å². The first-order chi connectivity index (χ1) is 9.04. The van der Waals surface area contributed by atoms with Gasteiger partial charge in [0.25, 0.3) is 0 Å². The molecule has 2 aromatic heterocycles. The van der Waals surface area contributed by atoms with Crippen LogP contribution in [0.3, 0.4) is 0 Å². The Morgan fingerprint density at radius 2 is 2.05 bits per heavy atom. The summed E-state index contributed by atoms with van der Waals surface area (Å²) in [5.74, 6) is 0.320. The minimum Gasteiger partial charge on any atom is -0.494 e. The van der Waals surface area contributed by atoms with Gasteiger partial charge in [-0.05, 0) is 6.92 Å². The van der Waals surface area contributed by atoms with Crippen LogP contribution in [0, 0.1) is 6.92 Å². The maximum Gasteiger partial charge on any atom is 0.214 e. The van der Waals surface area contributed by atoms with Crippen LogP contribution < -0.4 is 9.60 Å². The van der Waals surface area contributed by atoms with E-state index in [0.29, 0.717) is 16.1 Å². The molecule has 0 aliphatic rings. The molecule has 0 aliphatic carbocycles. The number of aromatic nitrogens is 2. The van der Waals surface area contributed by atoms with Crippen LogP contribution in [0.15, 0.2) is 28.2 Å². The van der Waals surface area contributed by atoms with Crippen molar-refractivity contribution in [1.29, 1.82) is 0 Å². The van der Waals surface area contributed by atoms with Crippen LogP contribution in [0.1, 0.15) is 4.88 Å². The zero-order valence-electron chi connectivity index (χ0n) is 10.6. The lowest BCUT2D eigenvalue weighted by molar-refractivity contribution is 0.417. The molecule has 102 valence electrons. The molecule has 0 spiro atoms. The molecule has 0 unspecified atom stereocenters. The first-order valence-corrected chi connectivity index (χ1v) is 7.15. The third-order valence-corrected chi connectivity index (χ3v) is 4.35. The van der Waals surface area contributed by atoms with E-state index in [0.717, 1.165) is 4.88 Å². The molecule has 0 bridgehead atoms. The van der Waals surface area contributed by atoms with Crippen LogP contribution in [-0.2, 0) is 13.6 Å². The second kappa shape index (κ2) is 5.45. The summed E-state index contributed by atoms with van der Waals surface area (Å²) in [6.07, 6.45) is 1.68. The molecule has 2 rings (SSSR count). The lowest BCUT2D eigenvalue weighted by atomic mass is 10.5. The number of nitrogens with zero attached hydrogens (tertiary/aromatic N) is 4. The van der Waals surface area contributed by atoms with Crippen molar-refractivity contribution in [3.8, 4) is 11.8 Å². The van der Waals surface area contributed by atoms with Crippen molar-refractivity contribution in [2.75, 3.05) is 0 Å². The third-order valence-electron chi connectivity index (χ3n) is 2.48. The lowest BCUT2D eigenvalue weighted by Crippen LogP contribution is -2.15. The van der Waals surface area contributed by atoms with E-state index in [4.69, 9.17) is 0 Å². The van der Waals surface area contributed by atoms with E-state index in [1.807, 2.05) is 6.92 Å². The fraction of sp³-hybridized carbons (Fsp3) is 0.273. The smallest absolute Gasteiger partial charge is 0.214 e. The summed E-state index contributed by atoms with van der Waals surface area (Å²) < 4.78 is 3.16. The van der Waals surface area contributed by atoms with Gasteiger partial charge in [0.05, 0.1) is 10.3 Å². The Morgan fingerprint density at radius 3 is 2.63 bits per heavy atom. The molecule has 8 heteroatoms. The Hall–Kier alpha value is -1.80. The van der Waals surface area contributed by atoms with Gasteiger partial charge in [-0.3, -0.25) is 9.13 Å². The van der Waals surface area contributed by atoms with Crippen molar-refractivity contribution in [3.63, 3.8) is 0 Å². The summed E-state index contributed by atoms with van der Waals surface area (Å²) in [6, 6.07) is 0. The van der Waals surface area contributed by atoms with Crippen LogP contribution in [-0.4, -0.2) is 19.3 Å². The van der Waals surface area contributed by atoms with Crippen LogP contribution in [0.5, 0.6) is 11.8 Å². The van der Waals surface area contributed by atoms with Gasteiger partial charge in [-0.25, -0.2) is 0 Å². The van der Waals surface area contributed by atoms with Gasteiger partial charge >= 0.3 is 0 Å². The number of thiazole rings is 2. The summed E-state index contributed by atoms with van der Waals surface area (Å²) in [4.78, 5) is 1.94. The van der Waals surface area contributed by atoms with Crippen LogP contribution in [0.2, 0.25) is 0 Å². The molecule has 0 aliphatic heterocycles. The van der Waals surface area contributed by atoms with Gasteiger partial charge in [0.1, 0.15) is 0 Å². The Labute approximate surface area is 117 Å². The first kappa shape index (κ1) is 13.6. The number of rotatable bonds is 3. The van der Waals surface area contributed by atoms with Crippen molar-refractivity contribution in [2.24, 2.45) is 17.3 Å². The Balaban J connectivity index is 2.56. The summed E-state index contributed by atoms with van der Waals surface area (Å²) in [6.45, 7) is 5.93. The summed E-state index contributed by atoms with van der Waals surface area (Å²) >= 11 is 2.64. The van der Waals surface area contributed by atoms with Gasteiger partial charge in [0.15, 0.2) is 0 Å². The van der Waals surface area contributed by atoms with Crippen molar-refractivity contribution in [3.05, 3.63) is 32.5 Å². The number of allylic oxidation sites excluding steroid dienone is 1. The molecule has 0 saturated heterocycles.